The van der Waals surface area contributed by atoms with Gasteiger partial charge in [-0.25, -0.2) is 0 Å². The van der Waals surface area contributed by atoms with Crippen LogP contribution in [0, 0.1) is 5.92 Å². The molecule has 5 nitrogen and oxygen atoms in total. The number of hydrogen-bond acceptors (Lipinski definition) is 3. The van der Waals surface area contributed by atoms with Gasteiger partial charge >= 0.3 is 0 Å². The van der Waals surface area contributed by atoms with Gasteiger partial charge in [0.05, 0.1) is 0 Å². The zero-order valence-corrected chi connectivity index (χ0v) is 17.5. The molecule has 156 valence electrons. The maximum Gasteiger partial charge on any atom is 0.251 e. The second-order valence-electron chi connectivity index (χ2n) is 7.73. The first-order chi connectivity index (χ1) is 14.5. The highest BCUT2D eigenvalue weighted by Crippen LogP contribution is 2.15. The van der Waals surface area contributed by atoms with Crippen LogP contribution in [0.4, 0.5) is 5.69 Å². The maximum atomic E-state index is 12.4. The summed E-state index contributed by atoms with van der Waals surface area (Å²) in [7, 11) is 0. The van der Waals surface area contributed by atoms with Crippen LogP contribution in [0.25, 0.3) is 10.8 Å². The Morgan fingerprint density at radius 2 is 1.53 bits per heavy atom. The third-order valence-electron chi connectivity index (χ3n) is 5.10. The van der Waals surface area contributed by atoms with Crippen molar-refractivity contribution in [3.8, 4) is 0 Å². The highest BCUT2D eigenvalue weighted by atomic mass is 16.2. The Morgan fingerprint density at radius 1 is 0.833 bits per heavy atom. The number of amides is 2. The summed E-state index contributed by atoms with van der Waals surface area (Å²) < 4.78 is 0. The Labute approximate surface area is 177 Å². The summed E-state index contributed by atoms with van der Waals surface area (Å²) in [5.41, 5.74) is 1.63. The molecule has 0 aromatic heterocycles. The number of carbonyl (C=O) groups is 2. The van der Waals surface area contributed by atoms with Crippen molar-refractivity contribution in [2.75, 3.05) is 18.4 Å². The predicted molar refractivity (Wildman–Crippen MR) is 123 cm³/mol. The number of carbonyl (C=O) groups excluding carboxylic acids is 2. The third-order valence-corrected chi connectivity index (χ3v) is 5.10. The monoisotopic (exact) mass is 403 g/mol. The Balaban J connectivity index is 1.43. The van der Waals surface area contributed by atoms with Gasteiger partial charge in [-0.3, -0.25) is 9.59 Å². The molecule has 3 aromatic rings. The molecule has 1 unspecified atom stereocenters. The summed E-state index contributed by atoms with van der Waals surface area (Å²) in [6.07, 6.45) is 0.246. The van der Waals surface area contributed by atoms with E-state index in [-0.39, 0.29) is 24.3 Å². The summed E-state index contributed by atoms with van der Waals surface area (Å²) in [5.74, 6) is 0.117. The van der Waals surface area contributed by atoms with E-state index in [0.717, 1.165) is 16.5 Å². The minimum Gasteiger partial charge on any atom is -0.380 e. The fourth-order valence-electron chi connectivity index (χ4n) is 3.24. The van der Waals surface area contributed by atoms with Crippen LogP contribution in [-0.2, 0) is 4.79 Å². The Kier molecular flexibility index (Phi) is 7.44. The second kappa shape index (κ2) is 10.4. The lowest BCUT2D eigenvalue weighted by atomic mass is 10.0. The van der Waals surface area contributed by atoms with Gasteiger partial charge in [0.25, 0.3) is 5.91 Å². The van der Waals surface area contributed by atoms with Crippen LogP contribution in [0.15, 0.2) is 72.8 Å². The molecular weight excluding hydrogens is 374 g/mol. The summed E-state index contributed by atoms with van der Waals surface area (Å²) >= 11 is 0. The third kappa shape index (κ3) is 6.08. The molecule has 0 spiro atoms. The van der Waals surface area contributed by atoms with Crippen LogP contribution in [0.3, 0.4) is 0 Å². The molecule has 0 saturated carbocycles. The van der Waals surface area contributed by atoms with E-state index < -0.39 is 0 Å². The van der Waals surface area contributed by atoms with Crippen LogP contribution in [0.1, 0.15) is 30.6 Å². The lowest BCUT2D eigenvalue weighted by Crippen LogP contribution is -2.40. The number of para-hydroxylation sites is 1. The van der Waals surface area contributed by atoms with Crippen molar-refractivity contribution in [1.82, 2.24) is 10.6 Å². The zero-order valence-electron chi connectivity index (χ0n) is 17.5. The highest BCUT2D eigenvalue weighted by molar-refractivity contribution is 5.98. The first-order valence-electron chi connectivity index (χ1n) is 10.4. The molecule has 1 atom stereocenters. The quantitative estimate of drug-likeness (QED) is 0.501. The lowest BCUT2D eigenvalue weighted by Gasteiger charge is -2.24. The fourth-order valence-corrected chi connectivity index (χ4v) is 3.24. The summed E-state index contributed by atoms with van der Waals surface area (Å²) in [6, 6.07) is 23.6. The van der Waals surface area contributed by atoms with Crippen LogP contribution < -0.4 is 16.0 Å². The van der Waals surface area contributed by atoms with Gasteiger partial charge in [0, 0.05) is 36.8 Å². The molecule has 2 amide bonds. The molecule has 0 saturated heterocycles. The van der Waals surface area contributed by atoms with Crippen LogP contribution in [-0.4, -0.2) is 30.9 Å². The molecule has 0 aliphatic rings. The fraction of sp³-hybridized carbons (Fsp3) is 0.280. The molecule has 0 heterocycles. The topological polar surface area (TPSA) is 70.2 Å². The van der Waals surface area contributed by atoms with E-state index in [0.29, 0.717) is 24.6 Å². The van der Waals surface area contributed by atoms with E-state index in [9.17, 15) is 9.59 Å². The molecule has 5 heteroatoms. The number of fused-ring (bicyclic) bond motifs is 1. The molecule has 0 aliphatic carbocycles. The number of anilines is 1. The number of nitrogens with one attached hydrogen (secondary N) is 3. The molecule has 0 aliphatic heterocycles. The number of hydrogen-bond donors (Lipinski definition) is 3. The summed E-state index contributed by atoms with van der Waals surface area (Å²) in [4.78, 5) is 24.6. The lowest BCUT2D eigenvalue weighted by molar-refractivity contribution is -0.121. The van der Waals surface area contributed by atoms with Crippen LogP contribution in [0.5, 0.6) is 0 Å². The van der Waals surface area contributed by atoms with E-state index in [1.807, 2.05) is 66.7 Å². The Morgan fingerprint density at radius 3 is 2.27 bits per heavy atom. The van der Waals surface area contributed by atoms with E-state index in [4.69, 9.17) is 0 Å². The average Bonchev–Trinajstić information content (AvgIpc) is 2.76. The van der Waals surface area contributed by atoms with Crippen molar-refractivity contribution in [2.45, 2.75) is 26.3 Å². The smallest absolute Gasteiger partial charge is 0.251 e. The van der Waals surface area contributed by atoms with Crippen LogP contribution in [0.2, 0.25) is 0 Å². The van der Waals surface area contributed by atoms with E-state index in [2.05, 4.69) is 29.8 Å². The van der Waals surface area contributed by atoms with E-state index in [1.54, 1.807) is 6.07 Å². The van der Waals surface area contributed by atoms with E-state index in [1.165, 1.54) is 0 Å². The van der Waals surface area contributed by atoms with Gasteiger partial charge in [0.15, 0.2) is 0 Å². The number of rotatable bonds is 9. The highest BCUT2D eigenvalue weighted by Gasteiger charge is 2.14. The van der Waals surface area contributed by atoms with Gasteiger partial charge in [0.1, 0.15) is 0 Å². The number of benzene rings is 3. The van der Waals surface area contributed by atoms with E-state index >= 15 is 0 Å². The first-order valence-corrected chi connectivity index (χ1v) is 10.4. The van der Waals surface area contributed by atoms with Gasteiger partial charge in [0.2, 0.25) is 5.91 Å². The van der Waals surface area contributed by atoms with Gasteiger partial charge in [-0.05, 0) is 41.0 Å². The molecule has 3 rings (SSSR count). The van der Waals surface area contributed by atoms with Crippen molar-refractivity contribution in [3.05, 3.63) is 78.4 Å². The predicted octanol–water partition coefficient (Wildman–Crippen LogP) is 4.21. The van der Waals surface area contributed by atoms with Gasteiger partial charge in [-0.15, -0.1) is 0 Å². The SMILES string of the molecule is CC(C)C(CNC(=O)CCNC(=O)c1ccc2ccccc2c1)Nc1ccccc1. The largest absolute Gasteiger partial charge is 0.380 e. The van der Waals surface area contributed by atoms with Crippen molar-refractivity contribution in [3.63, 3.8) is 0 Å². The molecular formula is C25H29N3O2. The summed E-state index contributed by atoms with van der Waals surface area (Å²) in [6.45, 7) is 5.08. The molecule has 0 radical (unpaired) electrons. The molecule has 3 aromatic carbocycles. The Hall–Kier alpha value is -3.34. The zero-order chi connectivity index (χ0) is 21.3. The van der Waals surface area contributed by atoms with Crippen molar-refractivity contribution in [2.24, 2.45) is 5.92 Å². The first kappa shape index (κ1) is 21.4. The average molecular weight is 404 g/mol. The molecule has 30 heavy (non-hydrogen) atoms. The normalized spacial score (nSPS) is 11.8. The van der Waals surface area contributed by atoms with Crippen molar-refractivity contribution < 1.29 is 9.59 Å². The minimum absolute atomic E-state index is 0.0747. The van der Waals surface area contributed by atoms with Crippen LogP contribution >= 0.6 is 0 Å². The maximum absolute atomic E-state index is 12.4. The van der Waals surface area contributed by atoms with Crippen molar-refractivity contribution >= 4 is 28.3 Å². The molecule has 0 fully saturated rings. The standard InChI is InChI=1S/C25H29N3O2/c1-18(2)23(28-22-10-4-3-5-11-22)17-27-24(29)14-15-26-25(30)21-13-12-19-8-6-7-9-20(19)16-21/h3-13,16,18,23,28H,14-15,17H2,1-2H3,(H,26,30)(H,27,29). The van der Waals surface area contributed by atoms with Gasteiger partial charge in [-0.1, -0.05) is 62.4 Å². The van der Waals surface area contributed by atoms with Crippen molar-refractivity contribution in [1.29, 1.82) is 0 Å². The second-order valence-corrected chi connectivity index (χ2v) is 7.73. The van der Waals surface area contributed by atoms with Gasteiger partial charge < -0.3 is 16.0 Å². The summed E-state index contributed by atoms with van der Waals surface area (Å²) in [5, 5.41) is 11.4. The van der Waals surface area contributed by atoms with Gasteiger partial charge in [-0.2, -0.15) is 0 Å². The molecule has 0 bridgehead atoms. The minimum atomic E-state index is -0.167. The Bertz CT molecular complexity index is 986. The molecule has 3 N–H and O–H groups in total.